The summed E-state index contributed by atoms with van der Waals surface area (Å²) < 4.78 is 0. The Labute approximate surface area is 81.2 Å². The SMILES string of the molecule is CNC[C@H](O)[C@@H](O)[C@H](O)[C@H](O)CO.F. The zero-order valence-electron chi connectivity index (χ0n) is 7.87. The van der Waals surface area contributed by atoms with Crippen LogP contribution in [0.3, 0.4) is 0 Å². The third kappa shape index (κ3) is 4.80. The zero-order valence-corrected chi connectivity index (χ0v) is 7.87. The van der Waals surface area contributed by atoms with Crippen LogP contribution in [-0.2, 0) is 0 Å². The van der Waals surface area contributed by atoms with E-state index in [1.165, 1.54) is 0 Å². The number of hydrogen-bond donors (Lipinski definition) is 6. The van der Waals surface area contributed by atoms with Crippen molar-refractivity contribution in [3.8, 4) is 0 Å². The lowest BCUT2D eigenvalue weighted by Gasteiger charge is -2.25. The number of aliphatic hydroxyl groups is 5. The molecule has 0 heterocycles. The van der Waals surface area contributed by atoms with Gasteiger partial charge in [0.15, 0.2) is 0 Å². The van der Waals surface area contributed by atoms with Crippen molar-refractivity contribution < 1.29 is 30.2 Å². The average molecular weight is 215 g/mol. The molecular weight excluding hydrogens is 197 g/mol. The average Bonchev–Trinajstić information content (AvgIpc) is 2.14. The molecule has 0 spiro atoms. The topological polar surface area (TPSA) is 113 Å². The summed E-state index contributed by atoms with van der Waals surface area (Å²) in [6.07, 6.45) is -5.65. The van der Waals surface area contributed by atoms with Gasteiger partial charge < -0.3 is 30.8 Å². The number of rotatable bonds is 6. The molecule has 0 radical (unpaired) electrons. The monoisotopic (exact) mass is 215 g/mol. The van der Waals surface area contributed by atoms with Crippen molar-refractivity contribution in [1.82, 2.24) is 5.32 Å². The van der Waals surface area contributed by atoms with Gasteiger partial charge in [-0.15, -0.1) is 0 Å². The minimum absolute atomic E-state index is 0. The van der Waals surface area contributed by atoms with Crippen LogP contribution in [0.25, 0.3) is 0 Å². The smallest absolute Gasteiger partial charge is 0.111 e. The van der Waals surface area contributed by atoms with E-state index in [1.807, 2.05) is 0 Å². The normalized spacial score (nSPS) is 19.3. The third-order valence-electron chi connectivity index (χ3n) is 1.74. The van der Waals surface area contributed by atoms with Gasteiger partial charge in [0, 0.05) is 6.54 Å². The fourth-order valence-corrected chi connectivity index (χ4v) is 0.893. The van der Waals surface area contributed by atoms with Crippen LogP contribution in [0.4, 0.5) is 4.70 Å². The molecule has 0 aromatic carbocycles. The van der Waals surface area contributed by atoms with Gasteiger partial charge >= 0.3 is 0 Å². The second kappa shape index (κ2) is 8.04. The number of halogens is 1. The van der Waals surface area contributed by atoms with Crippen molar-refractivity contribution in [3.63, 3.8) is 0 Å². The minimum atomic E-state index is -1.55. The molecule has 6 N–H and O–H groups in total. The maximum absolute atomic E-state index is 9.21. The molecule has 88 valence electrons. The Balaban J connectivity index is 0. The molecule has 0 aliphatic carbocycles. The zero-order chi connectivity index (χ0) is 10.4. The standard InChI is InChI=1S/C7H17NO5.FH/c1-8-2-4(10)6(12)7(13)5(11)3-9;/h4-13H,2-3H2,1H3;1H/t4-,5+,6+,7+;/m0./s1. The van der Waals surface area contributed by atoms with Crippen LogP contribution in [0.5, 0.6) is 0 Å². The van der Waals surface area contributed by atoms with Gasteiger partial charge in [0.05, 0.1) is 12.7 Å². The maximum atomic E-state index is 9.21. The van der Waals surface area contributed by atoms with Gasteiger partial charge in [0.25, 0.3) is 0 Å². The molecule has 14 heavy (non-hydrogen) atoms. The summed E-state index contributed by atoms with van der Waals surface area (Å²) in [7, 11) is 1.57. The lowest BCUT2D eigenvalue weighted by molar-refractivity contribution is -0.113. The Morgan fingerprint density at radius 3 is 1.79 bits per heavy atom. The van der Waals surface area contributed by atoms with Crippen LogP contribution in [0, 0.1) is 0 Å². The molecule has 0 unspecified atom stereocenters. The minimum Gasteiger partial charge on any atom is -0.394 e. The van der Waals surface area contributed by atoms with Crippen LogP contribution in [-0.4, -0.2) is 70.1 Å². The lowest BCUT2D eigenvalue weighted by atomic mass is 10.0. The summed E-state index contributed by atoms with van der Waals surface area (Å²) in [5, 5.41) is 47.5. The molecule has 0 aliphatic rings. The van der Waals surface area contributed by atoms with E-state index in [9.17, 15) is 5.11 Å². The van der Waals surface area contributed by atoms with Crippen LogP contribution >= 0.6 is 0 Å². The summed E-state index contributed by atoms with van der Waals surface area (Å²) in [4.78, 5) is 0. The largest absolute Gasteiger partial charge is 0.394 e. The molecule has 0 saturated heterocycles. The van der Waals surface area contributed by atoms with E-state index in [1.54, 1.807) is 7.05 Å². The molecule has 0 aromatic rings. The van der Waals surface area contributed by atoms with E-state index < -0.39 is 31.0 Å². The first kappa shape index (κ1) is 16.1. The van der Waals surface area contributed by atoms with Gasteiger partial charge in [-0.2, -0.15) is 0 Å². The van der Waals surface area contributed by atoms with Gasteiger partial charge in [-0.05, 0) is 7.05 Å². The molecule has 0 saturated carbocycles. The first-order valence-electron chi connectivity index (χ1n) is 4.02. The quantitative estimate of drug-likeness (QED) is 0.278. The van der Waals surface area contributed by atoms with Crippen molar-refractivity contribution in [2.24, 2.45) is 0 Å². The third-order valence-corrected chi connectivity index (χ3v) is 1.74. The Morgan fingerprint density at radius 1 is 1.00 bits per heavy atom. The Bertz CT molecular complexity index is 139. The van der Waals surface area contributed by atoms with E-state index in [0.29, 0.717) is 0 Å². The molecule has 0 fully saturated rings. The van der Waals surface area contributed by atoms with Crippen LogP contribution < -0.4 is 5.32 Å². The summed E-state index contributed by atoms with van der Waals surface area (Å²) in [6, 6.07) is 0. The molecule has 0 aromatic heterocycles. The number of aliphatic hydroxyl groups excluding tert-OH is 5. The number of nitrogens with one attached hydrogen (secondary N) is 1. The highest BCUT2D eigenvalue weighted by Crippen LogP contribution is 2.04. The van der Waals surface area contributed by atoms with E-state index in [-0.39, 0.29) is 11.2 Å². The highest BCUT2D eigenvalue weighted by atomic mass is 19.0. The van der Waals surface area contributed by atoms with Crippen molar-refractivity contribution in [3.05, 3.63) is 0 Å². The van der Waals surface area contributed by atoms with E-state index >= 15 is 0 Å². The highest BCUT2D eigenvalue weighted by Gasteiger charge is 2.29. The van der Waals surface area contributed by atoms with Crippen molar-refractivity contribution in [2.75, 3.05) is 20.2 Å². The van der Waals surface area contributed by atoms with Gasteiger partial charge in [-0.1, -0.05) is 0 Å². The van der Waals surface area contributed by atoms with Gasteiger partial charge in [0.1, 0.15) is 18.3 Å². The summed E-state index contributed by atoms with van der Waals surface area (Å²) in [5.41, 5.74) is 0. The molecule has 0 rings (SSSR count). The van der Waals surface area contributed by atoms with Gasteiger partial charge in [0.2, 0.25) is 0 Å². The maximum Gasteiger partial charge on any atom is 0.111 e. The van der Waals surface area contributed by atoms with E-state index in [4.69, 9.17) is 20.4 Å². The fraction of sp³-hybridized carbons (Fsp3) is 1.00. The van der Waals surface area contributed by atoms with Crippen molar-refractivity contribution >= 4 is 0 Å². The molecule has 6 nitrogen and oxygen atoms in total. The summed E-state index contributed by atoms with van der Waals surface area (Å²) in [5.74, 6) is 0. The van der Waals surface area contributed by atoms with Gasteiger partial charge in [-0.25, -0.2) is 0 Å². The highest BCUT2D eigenvalue weighted by molar-refractivity contribution is 4.81. The van der Waals surface area contributed by atoms with Crippen LogP contribution in [0.1, 0.15) is 0 Å². The fourth-order valence-electron chi connectivity index (χ4n) is 0.893. The first-order chi connectivity index (χ1) is 6.04. The van der Waals surface area contributed by atoms with Crippen LogP contribution in [0.15, 0.2) is 0 Å². The first-order valence-corrected chi connectivity index (χ1v) is 4.02. The van der Waals surface area contributed by atoms with Crippen molar-refractivity contribution in [1.29, 1.82) is 0 Å². The van der Waals surface area contributed by atoms with E-state index in [2.05, 4.69) is 5.32 Å². The Morgan fingerprint density at radius 2 is 1.43 bits per heavy atom. The number of hydrogen-bond acceptors (Lipinski definition) is 6. The predicted molar refractivity (Wildman–Crippen MR) is 47.5 cm³/mol. The molecule has 7 heteroatoms. The summed E-state index contributed by atoms with van der Waals surface area (Å²) in [6.45, 7) is -0.569. The number of likely N-dealkylation sites (N-methyl/N-ethyl adjacent to an activating group) is 1. The van der Waals surface area contributed by atoms with Crippen molar-refractivity contribution in [2.45, 2.75) is 24.4 Å². The molecule has 0 aliphatic heterocycles. The second-order valence-electron chi connectivity index (χ2n) is 2.86. The Hall–Kier alpha value is -0.310. The summed E-state index contributed by atoms with van der Waals surface area (Å²) >= 11 is 0. The lowest BCUT2D eigenvalue weighted by Crippen LogP contribution is -2.48. The Kier molecular flexibility index (Phi) is 9.26. The van der Waals surface area contributed by atoms with Gasteiger partial charge in [-0.3, -0.25) is 4.70 Å². The molecule has 4 atom stereocenters. The molecular formula is C7H18FNO5. The molecule has 0 bridgehead atoms. The predicted octanol–water partition coefficient (Wildman–Crippen LogP) is -3.21. The second-order valence-corrected chi connectivity index (χ2v) is 2.86. The van der Waals surface area contributed by atoms with Crippen LogP contribution in [0.2, 0.25) is 0 Å². The molecule has 0 amide bonds. The van der Waals surface area contributed by atoms with E-state index in [0.717, 1.165) is 0 Å².